The number of ether oxygens (including phenoxy) is 1. The predicted molar refractivity (Wildman–Crippen MR) is 120 cm³/mol. The van der Waals surface area contributed by atoms with Crippen molar-refractivity contribution >= 4 is 28.2 Å². The monoisotopic (exact) mass is 400 g/mol. The van der Waals surface area contributed by atoms with E-state index in [1.54, 1.807) is 6.07 Å². The van der Waals surface area contributed by atoms with Crippen molar-refractivity contribution in [3.63, 3.8) is 0 Å². The van der Waals surface area contributed by atoms with Gasteiger partial charge < -0.3 is 20.5 Å². The number of nitrogens with zero attached hydrogens (tertiary/aromatic N) is 3. The average molecular weight is 400 g/mol. The van der Waals surface area contributed by atoms with Gasteiger partial charge in [0.25, 0.3) is 0 Å². The number of hydrogen-bond acceptors (Lipinski definition) is 6. The van der Waals surface area contributed by atoms with Crippen LogP contribution in [0.5, 0.6) is 5.88 Å². The largest absolute Gasteiger partial charge is 0.475 e. The number of aryl methyl sites for hydroxylation is 1. The van der Waals surface area contributed by atoms with Crippen molar-refractivity contribution in [2.24, 2.45) is 0 Å². The lowest BCUT2D eigenvalue weighted by Crippen LogP contribution is -2.32. The molecule has 0 amide bonds. The number of hydrogen-bond donors (Lipinski definition) is 2. The van der Waals surface area contributed by atoms with E-state index in [1.807, 2.05) is 79.7 Å². The summed E-state index contributed by atoms with van der Waals surface area (Å²) in [4.78, 5) is 10.8. The SMILES string of the molecule is Cc1cc(OCC(O)CN(c2ccccc2)c2ccccc2)nc2nc(N)ccc12. The highest BCUT2D eigenvalue weighted by molar-refractivity contribution is 5.80. The Morgan fingerprint density at radius 1 is 0.933 bits per heavy atom. The van der Waals surface area contributed by atoms with Crippen LogP contribution in [0.3, 0.4) is 0 Å². The summed E-state index contributed by atoms with van der Waals surface area (Å²) >= 11 is 0. The summed E-state index contributed by atoms with van der Waals surface area (Å²) in [6.07, 6.45) is -0.725. The van der Waals surface area contributed by atoms with E-state index in [9.17, 15) is 5.11 Å². The molecule has 0 aliphatic heterocycles. The normalized spacial score (nSPS) is 11.9. The average Bonchev–Trinajstić information content (AvgIpc) is 2.77. The van der Waals surface area contributed by atoms with Crippen molar-refractivity contribution in [1.82, 2.24) is 9.97 Å². The van der Waals surface area contributed by atoms with Crippen LogP contribution in [0.1, 0.15) is 5.56 Å². The lowest BCUT2D eigenvalue weighted by molar-refractivity contribution is 0.111. The van der Waals surface area contributed by atoms with Gasteiger partial charge in [0, 0.05) is 22.8 Å². The van der Waals surface area contributed by atoms with E-state index in [1.165, 1.54) is 0 Å². The number of para-hydroxylation sites is 2. The van der Waals surface area contributed by atoms with E-state index in [-0.39, 0.29) is 6.61 Å². The van der Waals surface area contributed by atoms with Crippen LogP contribution in [0.15, 0.2) is 78.9 Å². The zero-order valence-corrected chi connectivity index (χ0v) is 16.8. The third-order valence-electron chi connectivity index (χ3n) is 4.83. The molecular weight excluding hydrogens is 376 g/mol. The predicted octanol–water partition coefficient (Wildman–Crippen LogP) is 4.10. The molecular formula is C24H24N4O2. The third-order valence-corrected chi connectivity index (χ3v) is 4.83. The Kier molecular flexibility index (Phi) is 5.77. The fraction of sp³-hybridized carbons (Fsp3) is 0.167. The van der Waals surface area contributed by atoms with Gasteiger partial charge in [0.2, 0.25) is 5.88 Å². The molecule has 0 spiro atoms. The number of nitrogens with two attached hydrogens (primary N) is 1. The summed E-state index contributed by atoms with van der Waals surface area (Å²) in [5.41, 5.74) is 9.31. The Hall–Kier alpha value is -3.64. The molecule has 2 aromatic carbocycles. The van der Waals surface area contributed by atoms with Crippen LogP contribution in [0.2, 0.25) is 0 Å². The first kappa shape index (κ1) is 19.7. The van der Waals surface area contributed by atoms with Gasteiger partial charge in [-0.25, -0.2) is 4.98 Å². The number of benzene rings is 2. The highest BCUT2D eigenvalue weighted by Crippen LogP contribution is 2.25. The number of aliphatic hydroxyl groups excluding tert-OH is 1. The van der Waals surface area contributed by atoms with Crippen LogP contribution in [-0.2, 0) is 0 Å². The Morgan fingerprint density at radius 2 is 1.57 bits per heavy atom. The van der Waals surface area contributed by atoms with Crippen LogP contribution in [0.4, 0.5) is 17.2 Å². The zero-order valence-electron chi connectivity index (χ0n) is 16.8. The maximum Gasteiger partial charge on any atom is 0.215 e. The summed E-state index contributed by atoms with van der Waals surface area (Å²) in [7, 11) is 0. The van der Waals surface area contributed by atoms with E-state index < -0.39 is 6.10 Å². The fourth-order valence-electron chi connectivity index (χ4n) is 3.35. The standard InChI is InChI=1S/C24H24N4O2/c1-17-14-23(27-24-21(17)12-13-22(25)26-24)30-16-20(29)15-28(18-8-4-2-5-9-18)19-10-6-3-7-11-19/h2-14,20,29H,15-16H2,1H3,(H2,25,26,27). The van der Waals surface area contributed by atoms with Gasteiger partial charge in [-0.2, -0.15) is 4.98 Å². The molecule has 0 bridgehead atoms. The molecule has 30 heavy (non-hydrogen) atoms. The second-order valence-electron chi connectivity index (χ2n) is 7.13. The Morgan fingerprint density at radius 3 is 2.20 bits per heavy atom. The molecule has 3 N–H and O–H groups in total. The van der Waals surface area contributed by atoms with Gasteiger partial charge >= 0.3 is 0 Å². The molecule has 6 heteroatoms. The molecule has 0 aliphatic carbocycles. The maximum absolute atomic E-state index is 10.7. The second-order valence-corrected chi connectivity index (χ2v) is 7.13. The molecule has 1 unspecified atom stereocenters. The fourth-order valence-corrected chi connectivity index (χ4v) is 3.35. The molecule has 0 saturated heterocycles. The van der Waals surface area contributed by atoms with Crippen molar-refractivity contribution in [3.05, 3.63) is 84.4 Å². The maximum atomic E-state index is 10.7. The van der Waals surface area contributed by atoms with Gasteiger partial charge in [-0.1, -0.05) is 36.4 Å². The molecule has 152 valence electrons. The van der Waals surface area contributed by atoms with Crippen LogP contribution in [0, 0.1) is 6.92 Å². The van der Waals surface area contributed by atoms with Crippen LogP contribution < -0.4 is 15.4 Å². The quantitative estimate of drug-likeness (QED) is 0.486. The lowest BCUT2D eigenvalue weighted by atomic mass is 10.2. The molecule has 4 rings (SSSR count). The van der Waals surface area contributed by atoms with E-state index in [2.05, 4.69) is 14.9 Å². The number of pyridine rings is 2. The van der Waals surface area contributed by atoms with Crippen LogP contribution in [-0.4, -0.2) is 34.3 Å². The van der Waals surface area contributed by atoms with Gasteiger partial charge in [-0.05, 0) is 48.9 Å². The number of anilines is 3. The molecule has 2 heterocycles. The van der Waals surface area contributed by atoms with E-state index in [0.29, 0.717) is 23.9 Å². The highest BCUT2D eigenvalue weighted by Gasteiger charge is 2.16. The summed E-state index contributed by atoms with van der Waals surface area (Å²) in [5, 5.41) is 11.6. The molecule has 6 nitrogen and oxygen atoms in total. The van der Waals surface area contributed by atoms with Crippen LogP contribution in [0.25, 0.3) is 11.0 Å². The van der Waals surface area contributed by atoms with E-state index in [0.717, 1.165) is 22.3 Å². The number of nitrogen functional groups attached to an aromatic ring is 1. The van der Waals surface area contributed by atoms with E-state index in [4.69, 9.17) is 10.5 Å². The second kappa shape index (κ2) is 8.80. The minimum atomic E-state index is -0.725. The number of fused-ring (bicyclic) bond motifs is 1. The van der Waals surface area contributed by atoms with Gasteiger partial charge in [0.05, 0.1) is 6.54 Å². The Labute approximate surface area is 175 Å². The zero-order chi connectivity index (χ0) is 20.9. The molecule has 4 aromatic rings. The number of rotatable bonds is 7. The minimum Gasteiger partial charge on any atom is -0.475 e. The van der Waals surface area contributed by atoms with Gasteiger partial charge in [0.1, 0.15) is 18.5 Å². The van der Waals surface area contributed by atoms with Gasteiger partial charge in [-0.3, -0.25) is 0 Å². The molecule has 2 aromatic heterocycles. The first-order valence-corrected chi connectivity index (χ1v) is 9.82. The van der Waals surface area contributed by atoms with Crippen molar-refractivity contribution in [2.45, 2.75) is 13.0 Å². The van der Waals surface area contributed by atoms with Crippen molar-refractivity contribution in [2.75, 3.05) is 23.8 Å². The molecule has 0 saturated carbocycles. The molecule has 1 atom stereocenters. The van der Waals surface area contributed by atoms with Crippen molar-refractivity contribution in [1.29, 1.82) is 0 Å². The first-order valence-electron chi connectivity index (χ1n) is 9.82. The summed E-state index contributed by atoms with van der Waals surface area (Å²) in [5.74, 6) is 0.830. The topological polar surface area (TPSA) is 84.5 Å². The van der Waals surface area contributed by atoms with Crippen molar-refractivity contribution in [3.8, 4) is 5.88 Å². The summed E-state index contributed by atoms with van der Waals surface area (Å²) < 4.78 is 5.80. The van der Waals surface area contributed by atoms with Gasteiger partial charge in [0.15, 0.2) is 5.65 Å². The van der Waals surface area contributed by atoms with Crippen LogP contribution >= 0.6 is 0 Å². The Bertz CT molecular complexity index is 1080. The first-order chi connectivity index (χ1) is 14.6. The molecule has 0 fully saturated rings. The minimum absolute atomic E-state index is 0.108. The third kappa shape index (κ3) is 4.50. The summed E-state index contributed by atoms with van der Waals surface area (Å²) in [6, 6.07) is 25.4. The molecule has 0 aliphatic rings. The molecule has 0 radical (unpaired) electrons. The Balaban J connectivity index is 1.49. The smallest absolute Gasteiger partial charge is 0.215 e. The highest BCUT2D eigenvalue weighted by atomic mass is 16.5. The van der Waals surface area contributed by atoms with E-state index >= 15 is 0 Å². The summed E-state index contributed by atoms with van der Waals surface area (Å²) in [6.45, 7) is 2.46. The number of aromatic nitrogens is 2. The van der Waals surface area contributed by atoms with Crippen molar-refractivity contribution < 1.29 is 9.84 Å². The van der Waals surface area contributed by atoms with Gasteiger partial charge in [-0.15, -0.1) is 0 Å². The lowest BCUT2D eigenvalue weighted by Gasteiger charge is -2.27. The number of aliphatic hydroxyl groups is 1.